The van der Waals surface area contributed by atoms with Crippen molar-refractivity contribution in [3.63, 3.8) is 0 Å². The molecule has 1 fully saturated rings. The Bertz CT molecular complexity index is 807. The molecule has 0 aliphatic carbocycles. The zero-order valence-electron chi connectivity index (χ0n) is 15.4. The van der Waals surface area contributed by atoms with Crippen LogP contribution in [-0.2, 0) is 11.2 Å². The predicted molar refractivity (Wildman–Crippen MR) is 96.8 cm³/mol. The number of pyridine rings is 1. The number of piperidine rings is 1. The lowest BCUT2D eigenvalue weighted by Crippen LogP contribution is -2.41. The van der Waals surface area contributed by atoms with Crippen LogP contribution >= 0.6 is 0 Å². The fourth-order valence-electron chi connectivity index (χ4n) is 3.27. The Morgan fingerprint density at radius 3 is 2.69 bits per heavy atom. The maximum absolute atomic E-state index is 12.8. The third-order valence-electron chi connectivity index (χ3n) is 4.80. The number of amides is 2. The fourth-order valence-corrected chi connectivity index (χ4v) is 3.27. The number of nitrogens with zero attached hydrogens (tertiary/aromatic N) is 3. The third-order valence-corrected chi connectivity index (χ3v) is 4.80. The highest BCUT2D eigenvalue weighted by atomic mass is 16.5. The van der Waals surface area contributed by atoms with Gasteiger partial charge in [0.2, 0.25) is 5.91 Å². The highest BCUT2D eigenvalue weighted by molar-refractivity contribution is 5.96. The minimum atomic E-state index is -0.115. The van der Waals surface area contributed by atoms with Crippen molar-refractivity contribution < 1.29 is 14.1 Å². The molecule has 2 amide bonds. The standard InChI is InChI=1S/C19H24N4O3/c1-4-15-17(13(3)26-22-15)19(25)23-9-6-14(7-10-23)18(24)21-16-11-12(2)5-8-20-16/h5,8,11,14H,4,6-7,9-10H2,1-3H3,(H,20,21,24). The summed E-state index contributed by atoms with van der Waals surface area (Å²) < 4.78 is 5.17. The first-order valence-electron chi connectivity index (χ1n) is 8.97. The molecule has 0 unspecified atom stereocenters. The van der Waals surface area contributed by atoms with E-state index in [4.69, 9.17) is 4.52 Å². The van der Waals surface area contributed by atoms with Gasteiger partial charge in [0.1, 0.15) is 17.1 Å². The Balaban J connectivity index is 1.59. The second-order valence-corrected chi connectivity index (χ2v) is 6.69. The highest BCUT2D eigenvalue weighted by Crippen LogP contribution is 2.23. The maximum atomic E-state index is 12.8. The molecule has 0 saturated carbocycles. The summed E-state index contributed by atoms with van der Waals surface area (Å²) in [5, 5.41) is 6.83. The molecule has 0 bridgehead atoms. The number of anilines is 1. The summed E-state index contributed by atoms with van der Waals surface area (Å²) in [4.78, 5) is 31.2. The van der Waals surface area contributed by atoms with Gasteiger partial charge >= 0.3 is 0 Å². The number of hydrogen-bond donors (Lipinski definition) is 1. The van der Waals surface area contributed by atoms with Crippen molar-refractivity contribution in [2.24, 2.45) is 5.92 Å². The van der Waals surface area contributed by atoms with Crippen LogP contribution in [0.4, 0.5) is 5.82 Å². The first kappa shape index (κ1) is 18.1. The van der Waals surface area contributed by atoms with Crippen molar-refractivity contribution in [1.82, 2.24) is 15.0 Å². The van der Waals surface area contributed by atoms with Gasteiger partial charge in [-0.25, -0.2) is 4.98 Å². The Hall–Kier alpha value is -2.70. The van der Waals surface area contributed by atoms with E-state index in [2.05, 4.69) is 15.5 Å². The van der Waals surface area contributed by atoms with Crippen LogP contribution in [0, 0.1) is 19.8 Å². The van der Waals surface area contributed by atoms with Gasteiger partial charge in [-0.05, 0) is 50.8 Å². The quantitative estimate of drug-likeness (QED) is 0.910. The average molecular weight is 356 g/mol. The summed E-state index contributed by atoms with van der Waals surface area (Å²) in [7, 11) is 0. The lowest BCUT2D eigenvalue weighted by molar-refractivity contribution is -0.121. The van der Waals surface area contributed by atoms with E-state index < -0.39 is 0 Å². The van der Waals surface area contributed by atoms with Crippen molar-refractivity contribution >= 4 is 17.6 Å². The molecule has 7 heteroatoms. The third kappa shape index (κ3) is 3.76. The topological polar surface area (TPSA) is 88.3 Å². The molecule has 138 valence electrons. The summed E-state index contributed by atoms with van der Waals surface area (Å²) >= 11 is 0. The molecule has 0 radical (unpaired) electrons. The number of carbonyl (C=O) groups excluding carboxylic acids is 2. The van der Waals surface area contributed by atoms with Gasteiger partial charge in [-0.3, -0.25) is 9.59 Å². The Labute approximate surface area is 152 Å². The smallest absolute Gasteiger partial charge is 0.259 e. The van der Waals surface area contributed by atoms with E-state index in [0.717, 1.165) is 5.56 Å². The van der Waals surface area contributed by atoms with Crippen molar-refractivity contribution in [2.75, 3.05) is 18.4 Å². The fraction of sp³-hybridized carbons (Fsp3) is 0.474. The summed E-state index contributed by atoms with van der Waals surface area (Å²) in [5.74, 6) is 0.916. The van der Waals surface area contributed by atoms with Crippen LogP contribution in [0.1, 0.15) is 47.1 Å². The summed E-state index contributed by atoms with van der Waals surface area (Å²) in [5.41, 5.74) is 2.31. The van der Waals surface area contributed by atoms with Gasteiger partial charge < -0.3 is 14.7 Å². The molecule has 2 aromatic heterocycles. The number of rotatable bonds is 4. The van der Waals surface area contributed by atoms with E-state index in [1.165, 1.54) is 0 Å². The molecular weight excluding hydrogens is 332 g/mol. The minimum absolute atomic E-state index is 0.0365. The zero-order valence-corrected chi connectivity index (χ0v) is 15.4. The number of hydrogen-bond acceptors (Lipinski definition) is 5. The molecule has 1 N–H and O–H groups in total. The number of likely N-dealkylation sites (tertiary alicyclic amines) is 1. The van der Waals surface area contributed by atoms with E-state index in [-0.39, 0.29) is 17.7 Å². The zero-order chi connectivity index (χ0) is 18.7. The van der Waals surface area contributed by atoms with Crippen LogP contribution in [0.2, 0.25) is 0 Å². The molecular formula is C19H24N4O3. The Kier molecular flexibility index (Phi) is 5.35. The number of nitrogens with one attached hydrogen (secondary N) is 1. The van der Waals surface area contributed by atoms with E-state index in [1.54, 1.807) is 18.0 Å². The normalized spacial score (nSPS) is 15.1. The SMILES string of the molecule is CCc1noc(C)c1C(=O)N1CCC(C(=O)Nc2cc(C)ccn2)CC1. The first-order valence-corrected chi connectivity index (χ1v) is 8.97. The van der Waals surface area contributed by atoms with Crippen LogP contribution in [0.15, 0.2) is 22.9 Å². The molecule has 0 spiro atoms. The van der Waals surface area contributed by atoms with Crippen LogP contribution in [-0.4, -0.2) is 39.9 Å². The van der Waals surface area contributed by atoms with Gasteiger partial charge in [0.25, 0.3) is 5.91 Å². The lowest BCUT2D eigenvalue weighted by atomic mass is 9.95. The van der Waals surface area contributed by atoms with E-state index in [1.807, 2.05) is 26.0 Å². The number of carbonyl (C=O) groups is 2. The van der Waals surface area contributed by atoms with Crippen molar-refractivity contribution in [3.8, 4) is 0 Å². The summed E-state index contributed by atoms with van der Waals surface area (Å²) in [6.07, 6.45) is 3.60. The van der Waals surface area contributed by atoms with Crippen molar-refractivity contribution in [3.05, 3.63) is 40.9 Å². The molecule has 3 rings (SSSR count). The molecule has 26 heavy (non-hydrogen) atoms. The van der Waals surface area contributed by atoms with Gasteiger partial charge in [-0.2, -0.15) is 0 Å². The van der Waals surface area contributed by atoms with Gasteiger partial charge in [-0.1, -0.05) is 12.1 Å². The molecule has 0 atom stereocenters. The Morgan fingerprint density at radius 1 is 1.31 bits per heavy atom. The summed E-state index contributed by atoms with van der Waals surface area (Å²) in [6.45, 7) is 6.76. The highest BCUT2D eigenvalue weighted by Gasteiger charge is 2.30. The minimum Gasteiger partial charge on any atom is -0.361 e. The second kappa shape index (κ2) is 7.68. The van der Waals surface area contributed by atoms with Gasteiger partial charge in [0.15, 0.2) is 0 Å². The van der Waals surface area contributed by atoms with E-state index in [9.17, 15) is 9.59 Å². The van der Waals surface area contributed by atoms with E-state index in [0.29, 0.717) is 55.2 Å². The van der Waals surface area contributed by atoms with Crippen LogP contribution in [0.25, 0.3) is 0 Å². The van der Waals surface area contributed by atoms with Crippen LogP contribution in [0.5, 0.6) is 0 Å². The number of aryl methyl sites for hydroxylation is 3. The molecule has 0 aromatic carbocycles. The summed E-state index contributed by atoms with van der Waals surface area (Å²) in [6, 6.07) is 3.73. The lowest BCUT2D eigenvalue weighted by Gasteiger charge is -2.31. The number of aromatic nitrogens is 2. The molecule has 1 aliphatic heterocycles. The van der Waals surface area contributed by atoms with Crippen LogP contribution < -0.4 is 5.32 Å². The van der Waals surface area contributed by atoms with Gasteiger partial charge in [0, 0.05) is 25.2 Å². The largest absolute Gasteiger partial charge is 0.361 e. The second-order valence-electron chi connectivity index (χ2n) is 6.69. The van der Waals surface area contributed by atoms with Gasteiger partial charge in [-0.15, -0.1) is 0 Å². The maximum Gasteiger partial charge on any atom is 0.259 e. The molecule has 1 saturated heterocycles. The first-order chi connectivity index (χ1) is 12.5. The van der Waals surface area contributed by atoms with Crippen LogP contribution in [0.3, 0.4) is 0 Å². The molecule has 2 aromatic rings. The Morgan fingerprint density at radius 2 is 2.04 bits per heavy atom. The van der Waals surface area contributed by atoms with Crippen molar-refractivity contribution in [1.29, 1.82) is 0 Å². The molecule has 1 aliphatic rings. The predicted octanol–water partition coefficient (Wildman–Crippen LogP) is 2.74. The molecule has 3 heterocycles. The van der Waals surface area contributed by atoms with Crippen molar-refractivity contribution in [2.45, 2.75) is 40.0 Å². The monoisotopic (exact) mass is 356 g/mol. The average Bonchev–Trinajstić information content (AvgIpc) is 3.02. The van der Waals surface area contributed by atoms with Gasteiger partial charge in [0.05, 0.1) is 5.69 Å². The van der Waals surface area contributed by atoms with E-state index >= 15 is 0 Å². The molecule has 7 nitrogen and oxygen atoms in total.